The Kier molecular flexibility index (Phi) is 6.13. The summed E-state index contributed by atoms with van der Waals surface area (Å²) in [6.45, 7) is 7.85. The van der Waals surface area contributed by atoms with Crippen LogP contribution in [0, 0.1) is 0 Å². The predicted octanol–water partition coefficient (Wildman–Crippen LogP) is 3.13. The average molecular weight is 344 g/mol. The quantitative estimate of drug-likeness (QED) is 0.805. The Balaban J connectivity index is 1.89. The third kappa shape index (κ3) is 4.65. The fourth-order valence-electron chi connectivity index (χ4n) is 1.99. The van der Waals surface area contributed by atoms with Crippen molar-refractivity contribution in [2.45, 2.75) is 32.9 Å². The van der Waals surface area contributed by atoms with Gasteiger partial charge >= 0.3 is 0 Å². The maximum Gasteiger partial charge on any atom is 0.175 e. The van der Waals surface area contributed by atoms with Gasteiger partial charge in [0.05, 0.1) is 30.4 Å². The molecule has 1 N–H and O–H groups in total. The molecule has 0 saturated heterocycles. The first kappa shape index (κ1) is 15.6. The molecule has 0 saturated carbocycles. The molecule has 20 heavy (non-hydrogen) atoms. The molecule has 0 aromatic heterocycles. The Bertz CT molecular complexity index is 437. The fraction of sp³-hybridized carbons (Fsp3) is 0.600. The molecule has 1 aromatic rings. The summed E-state index contributed by atoms with van der Waals surface area (Å²) in [6, 6.07) is 4.12. The monoisotopic (exact) mass is 343 g/mol. The van der Waals surface area contributed by atoms with Gasteiger partial charge in [0.15, 0.2) is 11.5 Å². The van der Waals surface area contributed by atoms with Crippen molar-refractivity contribution in [3.05, 3.63) is 22.2 Å². The molecule has 0 radical (unpaired) electrons. The van der Waals surface area contributed by atoms with Crippen molar-refractivity contribution >= 4 is 15.9 Å². The summed E-state index contributed by atoms with van der Waals surface area (Å²) in [4.78, 5) is 0. The topological polar surface area (TPSA) is 39.7 Å². The highest BCUT2D eigenvalue weighted by Crippen LogP contribution is 2.38. The van der Waals surface area contributed by atoms with E-state index in [9.17, 15) is 0 Å². The number of hydrogen-bond acceptors (Lipinski definition) is 4. The van der Waals surface area contributed by atoms with Gasteiger partial charge in [-0.25, -0.2) is 0 Å². The van der Waals surface area contributed by atoms with Crippen molar-refractivity contribution in [3.63, 3.8) is 0 Å². The Hall–Kier alpha value is -0.780. The van der Waals surface area contributed by atoms with Crippen LogP contribution in [-0.2, 0) is 11.3 Å². The molecule has 112 valence electrons. The summed E-state index contributed by atoms with van der Waals surface area (Å²) in [6.07, 6.45) is 1.20. The van der Waals surface area contributed by atoms with Crippen LogP contribution in [0.2, 0.25) is 0 Å². The minimum absolute atomic E-state index is 0.281. The molecule has 0 amide bonds. The maximum atomic E-state index is 5.72. The summed E-state index contributed by atoms with van der Waals surface area (Å²) in [7, 11) is 0. The van der Waals surface area contributed by atoms with Crippen molar-refractivity contribution in [1.82, 2.24) is 5.32 Å². The van der Waals surface area contributed by atoms with Crippen molar-refractivity contribution in [1.29, 1.82) is 0 Å². The van der Waals surface area contributed by atoms with E-state index in [2.05, 4.69) is 27.3 Å². The van der Waals surface area contributed by atoms with Crippen LogP contribution in [-0.4, -0.2) is 32.5 Å². The Morgan fingerprint density at radius 1 is 1.30 bits per heavy atom. The van der Waals surface area contributed by atoms with Gasteiger partial charge in [0.2, 0.25) is 0 Å². The van der Waals surface area contributed by atoms with E-state index >= 15 is 0 Å². The summed E-state index contributed by atoms with van der Waals surface area (Å²) in [5, 5.41) is 3.36. The number of nitrogens with one attached hydrogen (secondary N) is 1. The normalized spacial score (nSPS) is 14.4. The van der Waals surface area contributed by atoms with E-state index in [0.717, 1.165) is 42.1 Å². The molecular weight excluding hydrogens is 322 g/mol. The standard InChI is InChI=1S/C15H22BrNO3/c1-11(2)18-7-4-17-10-12-8-13(16)15-14(9-12)19-5-3-6-20-15/h8-9,11,17H,3-7,10H2,1-2H3. The lowest BCUT2D eigenvalue weighted by molar-refractivity contribution is 0.0807. The van der Waals surface area contributed by atoms with Gasteiger partial charge in [-0.05, 0) is 47.5 Å². The van der Waals surface area contributed by atoms with Gasteiger partial charge < -0.3 is 19.5 Å². The number of ether oxygens (including phenoxy) is 3. The molecule has 1 aliphatic heterocycles. The molecule has 1 aliphatic rings. The molecule has 0 bridgehead atoms. The minimum Gasteiger partial charge on any atom is -0.490 e. The van der Waals surface area contributed by atoms with Gasteiger partial charge in [-0.2, -0.15) is 0 Å². The predicted molar refractivity (Wildman–Crippen MR) is 82.5 cm³/mol. The largest absolute Gasteiger partial charge is 0.490 e. The summed E-state index contributed by atoms with van der Waals surface area (Å²) in [5.74, 6) is 1.64. The van der Waals surface area contributed by atoms with Gasteiger partial charge in [0.1, 0.15) is 0 Å². The molecule has 0 fully saturated rings. The number of hydrogen-bond donors (Lipinski definition) is 1. The molecule has 4 nitrogen and oxygen atoms in total. The smallest absolute Gasteiger partial charge is 0.175 e. The third-order valence-corrected chi connectivity index (χ3v) is 3.51. The third-order valence-electron chi connectivity index (χ3n) is 2.92. The zero-order chi connectivity index (χ0) is 14.4. The van der Waals surface area contributed by atoms with Gasteiger partial charge in [-0.3, -0.25) is 0 Å². The first-order chi connectivity index (χ1) is 9.66. The number of rotatable bonds is 6. The molecule has 0 atom stereocenters. The van der Waals surface area contributed by atoms with Crippen LogP contribution in [0.4, 0.5) is 0 Å². The molecule has 0 spiro atoms. The van der Waals surface area contributed by atoms with Gasteiger partial charge in [-0.1, -0.05) is 0 Å². The van der Waals surface area contributed by atoms with E-state index in [4.69, 9.17) is 14.2 Å². The SMILES string of the molecule is CC(C)OCCNCc1cc(Br)c2c(c1)OCCCO2. The van der Waals surface area contributed by atoms with E-state index in [1.54, 1.807) is 0 Å². The summed E-state index contributed by atoms with van der Waals surface area (Å²) < 4.78 is 17.9. The second-order valence-corrected chi connectivity index (χ2v) is 5.91. The zero-order valence-corrected chi connectivity index (χ0v) is 13.7. The van der Waals surface area contributed by atoms with Crippen LogP contribution in [0.5, 0.6) is 11.5 Å². The number of halogens is 1. The molecule has 0 unspecified atom stereocenters. The average Bonchev–Trinajstić information content (AvgIpc) is 2.63. The fourth-order valence-corrected chi connectivity index (χ4v) is 2.59. The lowest BCUT2D eigenvalue weighted by atomic mass is 10.2. The molecular formula is C15H22BrNO3. The van der Waals surface area contributed by atoms with Crippen LogP contribution < -0.4 is 14.8 Å². The highest BCUT2D eigenvalue weighted by atomic mass is 79.9. The van der Waals surface area contributed by atoms with E-state index in [0.29, 0.717) is 13.2 Å². The summed E-state index contributed by atoms with van der Waals surface area (Å²) >= 11 is 3.55. The second-order valence-electron chi connectivity index (χ2n) is 5.05. The first-order valence-electron chi connectivity index (χ1n) is 7.07. The second kappa shape index (κ2) is 7.86. The number of benzene rings is 1. The van der Waals surface area contributed by atoms with Crippen molar-refractivity contribution in [2.24, 2.45) is 0 Å². The lowest BCUT2D eigenvalue weighted by Gasteiger charge is -2.13. The van der Waals surface area contributed by atoms with Crippen LogP contribution >= 0.6 is 15.9 Å². The molecule has 0 aliphatic carbocycles. The Labute approximate surface area is 128 Å². The Morgan fingerprint density at radius 2 is 2.10 bits per heavy atom. The van der Waals surface area contributed by atoms with Crippen molar-refractivity contribution in [2.75, 3.05) is 26.4 Å². The maximum absolute atomic E-state index is 5.72. The van der Waals surface area contributed by atoms with Gasteiger partial charge in [0, 0.05) is 19.5 Å². The van der Waals surface area contributed by atoms with E-state index in [-0.39, 0.29) is 6.10 Å². The lowest BCUT2D eigenvalue weighted by Crippen LogP contribution is -2.21. The van der Waals surface area contributed by atoms with Gasteiger partial charge in [0.25, 0.3) is 0 Å². The minimum atomic E-state index is 0.281. The van der Waals surface area contributed by atoms with Crippen LogP contribution in [0.15, 0.2) is 16.6 Å². The van der Waals surface area contributed by atoms with Crippen LogP contribution in [0.3, 0.4) is 0 Å². The van der Waals surface area contributed by atoms with E-state index < -0.39 is 0 Å². The Morgan fingerprint density at radius 3 is 2.90 bits per heavy atom. The highest BCUT2D eigenvalue weighted by molar-refractivity contribution is 9.10. The van der Waals surface area contributed by atoms with E-state index in [1.807, 2.05) is 19.9 Å². The molecule has 5 heteroatoms. The highest BCUT2D eigenvalue weighted by Gasteiger charge is 2.15. The summed E-state index contributed by atoms with van der Waals surface area (Å²) in [5.41, 5.74) is 1.17. The van der Waals surface area contributed by atoms with E-state index in [1.165, 1.54) is 5.56 Å². The molecule has 1 heterocycles. The zero-order valence-electron chi connectivity index (χ0n) is 12.1. The number of fused-ring (bicyclic) bond motifs is 1. The van der Waals surface area contributed by atoms with Crippen molar-refractivity contribution < 1.29 is 14.2 Å². The molecule has 2 rings (SSSR count). The first-order valence-corrected chi connectivity index (χ1v) is 7.86. The van der Waals surface area contributed by atoms with Crippen LogP contribution in [0.1, 0.15) is 25.8 Å². The van der Waals surface area contributed by atoms with Crippen molar-refractivity contribution in [3.8, 4) is 11.5 Å². The van der Waals surface area contributed by atoms with Gasteiger partial charge in [-0.15, -0.1) is 0 Å². The van der Waals surface area contributed by atoms with Crippen LogP contribution in [0.25, 0.3) is 0 Å². The molecule has 1 aromatic carbocycles.